The Morgan fingerprint density at radius 1 is 1.46 bits per heavy atom. The minimum atomic E-state index is -0.232. The third-order valence-corrected chi connectivity index (χ3v) is 1.88. The zero-order valence-electron chi connectivity index (χ0n) is 8.96. The number of hydrogen-bond acceptors (Lipinski definition) is 3. The minimum absolute atomic E-state index is 0.169. The number of rotatable bonds is 4. The van der Waals surface area contributed by atoms with Crippen LogP contribution >= 0.6 is 12.6 Å². The van der Waals surface area contributed by atoms with Gasteiger partial charge in [-0.25, -0.2) is 0 Å². The van der Waals surface area contributed by atoms with E-state index < -0.39 is 0 Å². The van der Waals surface area contributed by atoms with E-state index in [1.54, 1.807) is 0 Å². The summed E-state index contributed by atoms with van der Waals surface area (Å²) in [4.78, 5) is 10.8. The number of hydrogen-bond donors (Lipinski definition) is 1. The van der Waals surface area contributed by atoms with Gasteiger partial charge in [-0.2, -0.15) is 12.6 Å². The molecule has 0 unspecified atom stereocenters. The molecule has 0 N–H and O–H groups in total. The Kier molecular flexibility index (Phi) is 5.45. The molecular weight excluding hydrogens is 184 g/mol. The second-order valence-corrected chi connectivity index (χ2v) is 5.03. The van der Waals surface area contributed by atoms with Crippen LogP contribution in [0.1, 0.15) is 34.1 Å². The predicted molar refractivity (Wildman–Crippen MR) is 58.0 cm³/mol. The molecule has 0 bridgehead atoms. The van der Waals surface area contributed by atoms with Gasteiger partial charge >= 0.3 is 5.97 Å². The van der Waals surface area contributed by atoms with E-state index in [1.165, 1.54) is 0 Å². The van der Waals surface area contributed by atoms with E-state index in [0.29, 0.717) is 17.9 Å². The summed E-state index contributed by atoms with van der Waals surface area (Å²) in [7, 11) is 0. The van der Waals surface area contributed by atoms with E-state index in [9.17, 15) is 4.79 Å². The van der Waals surface area contributed by atoms with Gasteiger partial charge in [-0.1, -0.05) is 27.7 Å². The Hall–Kier alpha value is -0.180. The summed E-state index contributed by atoms with van der Waals surface area (Å²) in [5.74, 6) is 0.357. The Labute approximate surface area is 86.5 Å². The van der Waals surface area contributed by atoms with Crippen LogP contribution in [0.15, 0.2) is 0 Å². The van der Waals surface area contributed by atoms with Gasteiger partial charge in [0.1, 0.15) is 0 Å². The zero-order chi connectivity index (χ0) is 10.5. The molecular formula is C10H20O2S. The van der Waals surface area contributed by atoms with Crippen molar-refractivity contribution in [3.05, 3.63) is 0 Å². The first-order valence-corrected chi connectivity index (χ1v) is 5.25. The van der Waals surface area contributed by atoms with Crippen LogP contribution < -0.4 is 0 Å². The molecule has 0 aliphatic rings. The third-order valence-electron chi connectivity index (χ3n) is 1.62. The smallest absolute Gasteiger partial charge is 0.315 e. The highest BCUT2D eigenvalue weighted by Gasteiger charge is 2.16. The Morgan fingerprint density at radius 2 is 2.00 bits per heavy atom. The van der Waals surface area contributed by atoms with E-state index >= 15 is 0 Å². The molecule has 0 aliphatic heterocycles. The van der Waals surface area contributed by atoms with Gasteiger partial charge in [0.05, 0.1) is 12.4 Å². The van der Waals surface area contributed by atoms with Crippen molar-refractivity contribution in [3.8, 4) is 0 Å². The van der Waals surface area contributed by atoms with E-state index in [1.807, 2.05) is 0 Å². The molecule has 13 heavy (non-hydrogen) atoms. The molecule has 0 spiro atoms. The van der Waals surface area contributed by atoms with Crippen molar-refractivity contribution in [2.75, 3.05) is 12.4 Å². The highest BCUT2D eigenvalue weighted by molar-refractivity contribution is 7.81. The summed E-state index contributed by atoms with van der Waals surface area (Å²) in [5, 5.41) is 0. The summed E-state index contributed by atoms with van der Waals surface area (Å²) in [6.07, 6.45) is 1.06. The topological polar surface area (TPSA) is 26.3 Å². The first kappa shape index (κ1) is 12.8. The highest BCUT2D eigenvalue weighted by Crippen LogP contribution is 2.24. The van der Waals surface area contributed by atoms with Gasteiger partial charge in [-0.3, -0.25) is 4.79 Å². The molecule has 0 saturated heterocycles. The van der Waals surface area contributed by atoms with Crippen LogP contribution in [0.4, 0.5) is 0 Å². The van der Waals surface area contributed by atoms with Crippen LogP contribution in [0.3, 0.4) is 0 Å². The maximum Gasteiger partial charge on any atom is 0.315 e. The standard InChI is InChI=1S/C10H20O2S/c1-8(5-10(2,3)4)6-12-9(11)7-13/h8,13H,5-7H2,1-4H3/t8-/m1/s1. The first-order valence-electron chi connectivity index (χ1n) is 4.61. The monoisotopic (exact) mass is 204 g/mol. The summed E-state index contributed by atoms with van der Waals surface area (Å²) < 4.78 is 4.98. The Morgan fingerprint density at radius 3 is 2.38 bits per heavy atom. The number of thiol groups is 1. The third kappa shape index (κ3) is 8.16. The molecule has 0 aromatic rings. The molecule has 0 saturated carbocycles. The van der Waals surface area contributed by atoms with Crippen molar-refractivity contribution in [3.63, 3.8) is 0 Å². The van der Waals surface area contributed by atoms with Crippen LogP contribution in [-0.2, 0) is 9.53 Å². The summed E-state index contributed by atoms with van der Waals surface area (Å²) >= 11 is 3.83. The maximum atomic E-state index is 10.8. The van der Waals surface area contributed by atoms with Crippen molar-refractivity contribution in [1.82, 2.24) is 0 Å². The zero-order valence-corrected chi connectivity index (χ0v) is 9.86. The average Bonchev–Trinajstić information content (AvgIpc) is 1.97. The van der Waals surface area contributed by atoms with Crippen LogP contribution in [0.5, 0.6) is 0 Å². The van der Waals surface area contributed by atoms with E-state index in [-0.39, 0.29) is 11.7 Å². The van der Waals surface area contributed by atoms with E-state index in [0.717, 1.165) is 6.42 Å². The summed E-state index contributed by atoms with van der Waals surface area (Å²) in [5.41, 5.74) is 0.298. The largest absolute Gasteiger partial charge is 0.465 e. The summed E-state index contributed by atoms with van der Waals surface area (Å²) in [6, 6.07) is 0. The van der Waals surface area contributed by atoms with Crippen molar-refractivity contribution in [2.24, 2.45) is 11.3 Å². The second kappa shape index (κ2) is 5.53. The van der Waals surface area contributed by atoms with Crippen LogP contribution in [0.25, 0.3) is 0 Å². The fraction of sp³-hybridized carbons (Fsp3) is 0.900. The fourth-order valence-corrected chi connectivity index (χ4v) is 1.48. The van der Waals surface area contributed by atoms with Gasteiger partial charge in [0.15, 0.2) is 0 Å². The maximum absolute atomic E-state index is 10.8. The lowest BCUT2D eigenvalue weighted by molar-refractivity contribution is -0.141. The van der Waals surface area contributed by atoms with Crippen LogP contribution in [0, 0.1) is 11.3 Å². The molecule has 2 nitrogen and oxygen atoms in total. The molecule has 0 heterocycles. The van der Waals surface area contributed by atoms with E-state index in [4.69, 9.17) is 4.74 Å². The van der Waals surface area contributed by atoms with Gasteiger partial charge in [0, 0.05) is 0 Å². The lowest BCUT2D eigenvalue weighted by Gasteiger charge is -2.22. The average molecular weight is 204 g/mol. The molecule has 0 fully saturated rings. The van der Waals surface area contributed by atoms with Crippen molar-refractivity contribution >= 4 is 18.6 Å². The first-order chi connectivity index (χ1) is 5.85. The number of carbonyl (C=O) groups excluding carboxylic acids is 1. The van der Waals surface area contributed by atoms with Crippen LogP contribution in [0.2, 0.25) is 0 Å². The molecule has 0 aliphatic carbocycles. The minimum Gasteiger partial charge on any atom is -0.465 e. The molecule has 0 aromatic heterocycles. The lowest BCUT2D eigenvalue weighted by Crippen LogP contribution is -2.18. The number of ether oxygens (including phenoxy) is 1. The van der Waals surface area contributed by atoms with Crippen LogP contribution in [-0.4, -0.2) is 18.3 Å². The van der Waals surface area contributed by atoms with Gasteiger partial charge in [-0.05, 0) is 17.8 Å². The molecule has 0 amide bonds. The SMILES string of the molecule is C[C@@H](COC(=O)CS)CC(C)(C)C. The molecule has 1 atom stereocenters. The number of carbonyl (C=O) groups is 1. The van der Waals surface area contributed by atoms with Gasteiger partial charge in [-0.15, -0.1) is 0 Å². The van der Waals surface area contributed by atoms with Crippen molar-refractivity contribution in [1.29, 1.82) is 0 Å². The second-order valence-electron chi connectivity index (χ2n) is 4.71. The molecule has 78 valence electrons. The molecule has 0 aromatic carbocycles. The quantitative estimate of drug-likeness (QED) is 0.562. The highest BCUT2D eigenvalue weighted by atomic mass is 32.1. The molecule has 0 radical (unpaired) electrons. The Balaban J connectivity index is 3.63. The summed E-state index contributed by atoms with van der Waals surface area (Å²) in [6.45, 7) is 9.16. The van der Waals surface area contributed by atoms with Crippen molar-refractivity contribution in [2.45, 2.75) is 34.1 Å². The van der Waals surface area contributed by atoms with Crippen molar-refractivity contribution < 1.29 is 9.53 Å². The lowest BCUT2D eigenvalue weighted by atomic mass is 9.86. The normalized spacial score (nSPS) is 13.9. The van der Waals surface area contributed by atoms with Gasteiger partial charge < -0.3 is 4.74 Å². The van der Waals surface area contributed by atoms with Gasteiger partial charge in [0.2, 0.25) is 0 Å². The number of esters is 1. The molecule has 0 rings (SSSR count). The van der Waals surface area contributed by atoms with Gasteiger partial charge in [0.25, 0.3) is 0 Å². The Bertz CT molecular complexity index is 161. The van der Waals surface area contributed by atoms with E-state index in [2.05, 4.69) is 40.3 Å². The molecule has 3 heteroatoms. The predicted octanol–water partition coefficient (Wildman–Crippen LogP) is 2.53. The fourth-order valence-electron chi connectivity index (χ4n) is 1.39.